The van der Waals surface area contributed by atoms with E-state index in [4.69, 9.17) is 11.6 Å². The molecule has 2 atom stereocenters. The van der Waals surface area contributed by atoms with Crippen LogP contribution in [0.2, 0.25) is 5.02 Å². The molecule has 4 aliphatic carbocycles. The van der Waals surface area contributed by atoms with Gasteiger partial charge in [-0.3, -0.25) is 9.48 Å². The first-order valence-electron chi connectivity index (χ1n) is 12.4. The Morgan fingerprint density at radius 2 is 1.92 bits per heavy atom. The summed E-state index contributed by atoms with van der Waals surface area (Å²) in [5.41, 5.74) is -0.189. The summed E-state index contributed by atoms with van der Waals surface area (Å²) in [5.74, 6) is 0.563. The van der Waals surface area contributed by atoms with E-state index in [1.165, 1.54) is 10.7 Å². The second-order valence-electron chi connectivity index (χ2n) is 11.1. The highest BCUT2D eigenvalue weighted by Gasteiger charge is 2.60. The van der Waals surface area contributed by atoms with Gasteiger partial charge in [0.15, 0.2) is 5.82 Å². The summed E-state index contributed by atoms with van der Waals surface area (Å²) in [5, 5.41) is 23.5. The van der Waals surface area contributed by atoms with E-state index in [1.54, 1.807) is 29.2 Å². The summed E-state index contributed by atoms with van der Waals surface area (Å²) in [6.07, 6.45) is 9.40. The van der Waals surface area contributed by atoms with Crippen molar-refractivity contribution in [3.63, 3.8) is 0 Å². The van der Waals surface area contributed by atoms with E-state index in [9.17, 15) is 19.3 Å². The molecule has 0 spiro atoms. The van der Waals surface area contributed by atoms with Crippen LogP contribution in [0.25, 0.3) is 0 Å². The predicted molar refractivity (Wildman–Crippen MR) is 145 cm³/mol. The number of nitro groups is 1. The number of rotatable bonds is 7. The van der Waals surface area contributed by atoms with Crippen molar-refractivity contribution in [2.75, 3.05) is 5.32 Å². The minimum absolute atomic E-state index is 0.126. The number of anilines is 1. The number of nitrogens with zero attached hydrogens (tertiary/aromatic N) is 5. The Bertz CT molecular complexity index is 1420. The Balaban J connectivity index is 1.20. The molecule has 38 heavy (non-hydrogen) atoms. The molecular weight excluding hydrogens is 647 g/mol. The maximum atomic E-state index is 14.2. The molecule has 2 aromatic heterocycles. The molecule has 13 heteroatoms. The normalized spacial score (nSPS) is 27.6. The van der Waals surface area contributed by atoms with E-state index in [0.29, 0.717) is 43.6 Å². The number of amides is 1. The average Bonchev–Trinajstić information content (AvgIpc) is 3.37. The van der Waals surface area contributed by atoms with Crippen LogP contribution in [-0.4, -0.2) is 30.4 Å². The van der Waals surface area contributed by atoms with Gasteiger partial charge in [0.05, 0.1) is 27.9 Å². The van der Waals surface area contributed by atoms with E-state index in [2.05, 4.69) is 47.4 Å². The molecule has 0 saturated heterocycles. The lowest BCUT2D eigenvalue weighted by Crippen LogP contribution is -2.57. The van der Waals surface area contributed by atoms with Crippen LogP contribution in [0, 0.1) is 33.2 Å². The molecule has 2 heterocycles. The summed E-state index contributed by atoms with van der Waals surface area (Å²) in [7, 11) is 0. The number of halogens is 4. The Kier molecular flexibility index (Phi) is 6.42. The van der Waals surface area contributed by atoms with E-state index in [1.807, 2.05) is 0 Å². The van der Waals surface area contributed by atoms with Crippen molar-refractivity contribution in [1.29, 1.82) is 0 Å². The van der Waals surface area contributed by atoms with Gasteiger partial charge in [0.25, 0.3) is 0 Å². The predicted octanol–water partition coefficient (Wildman–Crippen LogP) is 6.68. The second kappa shape index (κ2) is 9.41. The van der Waals surface area contributed by atoms with E-state index in [0.717, 1.165) is 38.5 Å². The van der Waals surface area contributed by atoms with Gasteiger partial charge in [0.2, 0.25) is 5.91 Å². The van der Waals surface area contributed by atoms with Gasteiger partial charge in [-0.25, -0.2) is 4.39 Å². The number of carbonyl (C=O) groups is 1. The van der Waals surface area contributed by atoms with Crippen LogP contribution in [-0.2, 0) is 16.9 Å². The molecule has 1 N–H and O–H groups in total. The fourth-order valence-corrected chi connectivity index (χ4v) is 8.57. The van der Waals surface area contributed by atoms with Crippen molar-refractivity contribution in [1.82, 2.24) is 19.6 Å². The molecule has 0 aliphatic heterocycles. The maximum absolute atomic E-state index is 14.2. The van der Waals surface area contributed by atoms with Crippen LogP contribution in [0.5, 0.6) is 0 Å². The lowest BCUT2D eigenvalue weighted by molar-refractivity contribution is -0.390. The number of carbonyl (C=O) groups excluding carboxylic acids is 1. The third-order valence-electron chi connectivity index (χ3n) is 8.35. The Morgan fingerprint density at radius 1 is 1.18 bits per heavy atom. The number of nitrogens with one attached hydrogen (secondary N) is 1. The highest BCUT2D eigenvalue weighted by atomic mass is 79.9. The molecule has 9 nitrogen and oxygen atoms in total. The van der Waals surface area contributed by atoms with Crippen LogP contribution in [0.1, 0.15) is 50.5 Å². The topological polar surface area (TPSA) is 108 Å². The van der Waals surface area contributed by atoms with Crippen LogP contribution in [0.4, 0.5) is 16.0 Å². The molecule has 1 aromatic carbocycles. The molecule has 0 radical (unpaired) electrons. The molecule has 4 aliphatic rings. The van der Waals surface area contributed by atoms with Gasteiger partial charge in [-0.05, 0) is 105 Å². The average molecular weight is 671 g/mol. The van der Waals surface area contributed by atoms with Gasteiger partial charge >= 0.3 is 5.82 Å². The van der Waals surface area contributed by atoms with Gasteiger partial charge in [-0.2, -0.15) is 9.78 Å². The second-order valence-corrected chi connectivity index (χ2v) is 13.3. The van der Waals surface area contributed by atoms with Crippen LogP contribution in [0.15, 0.2) is 39.5 Å². The van der Waals surface area contributed by atoms with Gasteiger partial charge < -0.3 is 15.4 Å². The number of benzene rings is 1. The molecule has 2 unspecified atom stereocenters. The van der Waals surface area contributed by atoms with E-state index in [-0.39, 0.29) is 29.2 Å². The smallest absolute Gasteiger partial charge is 0.358 e. The van der Waals surface area contributed by atoms with Gasteiger partial charge in [0.1, 0.15) is 10.3 Å². The SMILES string of the molecule is O=C(CC12CC3CC(C1)CC(n1cc(Br)c([N+](=O)[O-])n1)(C3)C2)Nc1nn(Cc2c(F)cccc2Cl)cc1Br. The fourth-order valence-electron chi connectivity index (χ4n) is 7.51. The molecule has 3 aromatic rings. The van der Waals surface area contributed by atoms with Crippen molar-refractivity contribution >= 4 is 61.0 Å². The summed E-state index contributed by atoms with van der Waals surface area (Å²) >= 11 is 12.9. The lowest BCUT2D eigenvalue weighted by atomic mass is 9.46. The largest absolute Gasteiger partial charge is 0.404 e. The van der Waals surface area contributed by atoms with Crippen molar-refractivity contribution in [2.24, 2.45) is 17.3 Å². The minimum Gasteiger partial charge on any atom is -0.358 e. The van der Waals surface area contributed by atoms with Crippen molar-refractivity contribution in [3.05, 3.63) is 66.1 Å². The Hall–Kier alpha value is -2.31. The van der Waals surface area contributed by atoms with Crippen molar-refractivity contribution in [2.45, 2.75) is 57.0 Å². The molecular formula is C25H24Br2ClFN6O3. The molecule has 1 amide bonds. The number of aromatic nitrogens is 4. The Morgan fingerprint density at radius 3 is 2.58 bits per heavy atom. The zero-order valence-electron chi connectivity index (χ0n) is 20.2. The molecule has 7 rings (SSSR count). The summed E-state index contributed by atoms with van der Waals surface area (Å²) < 4.78 is 18.5. The van der Waals surface area contributed by atoms with E-state index >= 15 is 0 Å². The molecule has 200 valence electrons. The highest BCUT2D eigenvalue weighted by Crippen LogP contribution is 2.65. The van der Waals surface area contributed by atoms with Crippen LogP contribution < -0.4 is 5.32 Å². The fraction of sp³-hybridized carbons (Fsp3) is 0.480. The molecule has 4 saturated carbocycles. The van der Waals surface area contributed by atoms with Gasteiger partial charge in [-0.15, -0.1) is 0 Å². The number of hydrogen-bond acceptors (Lipinski definition) is 5. The van der Waals surface area contributed by atoms with Crippen molar-refractivity contribution in [3.8, 4) is 0 Å². The first-order valence-corrected chi connectivity index (χ1v) is 14.4. The third-order valence-corrected chi connectivity index (χ3v) is 9.85. The molecule has 4 bridgehead atoms. The van der Waals surface area contributed by atoms with Gasteiger partial charge in [0, 0.05) is 23.2 Å². The Labute approximate surface area is 239 Å². The quantitative estimate of drug-likeness (QED) is 0.223. The third kappa shape index (κ3) is 4.58. The van der Waals surface area contributed by atoms with E-state index < -0.39 is 10.7 Å². The summed E-state index contributed by atoms with van der Waals surface area (Å²) in [4.78, 5) is 24.3. The van der Waals surface area contributed by atoms with Crippen molar-refractivity contribution < 1.29 is 14.1 Å². The summed E-state index contributed by atoms with van der Waals surface area (Å²) in [6, 6.07) is 4.52. The standard InChI is InChI=1S/C25H24Br2ClFN6O3/c26-17-11-33(10-16-19(28)2-1-3-20(16)29)31-22(17)30-21(36)9-24-5-14-4-15(6-24)8-25(7-14,13-24)34-12-18(27)23(32-34)35(37)38/h1-3,11-12,14-15H,4-10,13H2,(H,30,31,36). The van der Waals surface area contributed by atoms with Crippen LogP contribution in [0.3, 0.4) is 0 Å². The zero-order chi connectivity index (χ0) is 26.8. The zero-order valence-corrected chi connectivity index (χ0v) is 24.1. The van der Waals surface area contributed by atoms with Gasteiger partial charge in [-0.1, -0.05) is 17.7 Å². The maximum Gasteiger partial charge on any atom is 0.404 e. The first-order chi connectivity index (χ1) is 18.0. The monoisotopic (exact) mass is 668 g/mol. The lowest BCUT2D eigenvalue weighted by Gasteiger charge is -2.61. The summed E-state index contributed by atoms with van der Waals surface area (Å²) in [6.45, 7) is 0.126. The molecule has 4 fully saturated rings. The minimum atomic E-state index is -0.471. The number of hydrogen-bond donors (Lipinski definition) is 1. The van der Waals surface area contributed by atoms with Crippen LogP contribution >= 0.6 is 43.5 Å². The first kappa shape index (κ1) is 25.9. The highest BCUT2D eigenvalue weighted by molar-refractivity contribution is 9.11.